The van der Waals surface area contributed by atoms with Crippen molar-refractivity contribution in [2.24, 2.45) is 0 Å². The number of aliphatic hydroxyl groups excluding tert-OH is 3. The summed E-state index contributed by atoms with van der Waals surface area (Å²) in [6, 6.07) is 1.89. The Labute approximate surface area is 375 Å². The summed E-state index contributed by atoms with van der Waals surface area (Å²) in [4.78, 5) is 84.9. The standard InChI is InChI=1S/C41H32O27/c1-2-13(42)25(49)29(53)22-20-10(5-16(45)26(50)28(20)52)35(55)62-8-18-30-32(65-38(22)58)33(39(63-18)67-34(54)9-3-14(43)24(48)15(44)4-9)66-36(56)11-6-17(46)27(51)31-21(11)23-12(37(57)64-30)7-19(47)41(61,68-31)40(23,59)60/h2-7,18,22-23,30,32-33,39,42-46,48-53,59-61H,8H2,1H3/b13-2+,29-25-. The molecule has 3 aromatic carbocycles. The highest BCUT2D eigenvalue weighted by Crippen LogP contribution is 2.58. The van der Waals surface area contributed by atoms with Crippen LogP contribution in [0.3, 0.4) is 0 Å². The van der Waals surface area contributed by atoms with Gasteiger partial charge in [0.1, 0.15) is 18.6 Å². The number of phenols is 8. The molecule has 0 aromatic heterocycles. The van der Waals surface area contributed by atoms with E-state index < -0.39 is 199 Å². The molecule has 8 unspecified atom stereocenters. The van der Waals surface area contributed by atoms with Gasteiger partial charge in [0.15, 0.2) is 69.7 Å². The molecule has 4 aliphatic heterocycles. The van der Waals surface area contributed by atoms with Crippen molar-refractivity contribution in [1.82, 2.24) is 0 Å². The van der Waals surface area contributed by atoms with Gasteiger partial charge in [-0.05, 0) is 43.3 Å². The predicted molar refractivity (Wildman–Crippen MR) is 206 cm³/mol. The van der Waals surface area contributed by atoms with E-state index in [2.05, 4.69) is 0 Å². The third kappa shape index (κ3) is 6.74. The fourth-order valence-corrected chi connectivity index (χ4v) is 8.04. The van der Waals surface area contributed by atoms with Gasteiger partial charge >= 0.3 is 35.6 Å². The number of cyclic esters (lactones) is 1. The normalized spacial score (nSPS) is 27.7. The van der Waals surface area contributed by atoms with Crippen molar-refractivity contribution in [2.45, 2.75) is 61.0 Å². The largest absolute Gasteiger partial charge is 0.507 e. The van der Waals surface area contributed by atoms with Crippen LogP contribution in [-0.2, 0) is 42.8 Å². The number of hydrogen-bond acceptors (Lipinski definition) is 27. The number of ketones is 1. The Morgan fingerprint density at radius 2 is 1.29 bits per heavy atom. The van der Waals surface area contributed by atoms with E-state index in [4.69, 9.17) is 33.2 Å². The lowest BCUT2D eigenvalue weighted by molar-refractivity contribution is -0.339. The molecule has 1 saturated heterocycles. The lowest BCUT2D eigenvalue weighted by Crippen LogP contribution is -2.70. The van der Waals surface area contributed by atoms with Crippen molar-refractivity contribution in [3.8, 4) is 51.7 Å². The fraction of sp³-hybridized carbons (Fsp3) is 0.268. The number of carbonyl (C=O) groups is 6. The minimum Gasteiger partial charge on any atom is -0.507 e. The van der Waals surface area contributed by atoms with E-state index in [9.17, 15) is 100 Å². The van der Waals surface area contributed by atoms with Crippen LogP contribution in [0.5, 0.6) is 51.7 Å². The van der Waals surface area contributed by atoms with E-state index in [0.29, 0.717) is 24.3 Å². The first kappa shape index (κ1) is 45.9. The molecule has 8 atom stereocenters. The number of ether oxygens (including phenoxy) is 7. The number of hydrogen-bond donors (Lipinski definition) is 14. The quantitative estimate of drug-likeness (QED) is 0.0387. The highest BCUT2D eigenvalue weighted by atomic mass is 16.8. The molecule has 3 aromatic rings. The summed E-state index contributed by atoms with van der Waals surface area (Å²) in [6.45, 7) is -0.187. The minimum absolute atomic E-state index is 0.254. The average Bonchev–Trinajstić information content (AvgIpc) is 3.29. The first-order valence-electron chi connectivity index (χ1n) is 19.2. The van der Waals surface area contributed by atoms with Gasteiger partial charge in [0.2, 0.25) is 29.7 Å². The van der Waals surface area contributed by atoms with E-state index in [-0.39, 0.29) is 6.08 Å². The topological polar surface area (TPSA) is 450 Å². The fourth-order valence-electron chi connectivity index (χ4n) is 8.04. The molecular weight excluding hydrogens is 924 g/mol. The summed E-state index contributed by atoms with van der Waals surface area (Å²) in [6.07, 6.45) is -11.5. The highest BCUT2D eigenvalue weighted by Gasteiger charge is 2.70. The molecule has 0 amide bonds. The highest BCUT2D eigenvalue weighted by molar-refractivity contribution is 6.08. The van der Waals surface area contributed by atoms with Gasteiger partial charge in [-0.2, -0.15) is 0 Å². The van der Waals surface area contributed by atoms with Crippen molar-refractivity contribution in [3.05, 3.63) is 87.1 Å². The Kier molecular flexibility index (Phi) is 10.6. The zero-order valence-corrected chi connectivity index (χ0v) is 33.8. The van der Waals surface area contributed by atoms with Crippen LogP contribution in [0, 0.1) is 0 Å². The van der Waals surface area contributed by atoms with Crippen molar-refractivity contribution in [3.63, 3.8) is 0 Å². The number of fused-ring (bicyclic) bond motifs is 2. The Morgan fingerprint density at radius 3 is 1.93 bits per heavy atom. The number of benzene rings is 3. The number of esters is 5. The molecule has 6 bridgehead atoms. The molecule has 27 heteroatoms. The summed E-state index contributed by atoms with van der Waals surface area (Å²) in [7, 11) is 0. The summed E-state index contributed by atoms with van der Waals surface area (Å²) < 4.78 is 38.8. The Bertz CT molecular complexity index is 2870. The number of allylic oxidation sites excluding steroid dienone is 1. The van der Waals surface area contributed by atoms with Crippen LogP contribution in [0.25, 0.3) is 0 Å². The van der Waals surface area contributed by atoms with Crippen LogP contribution in [-0.4, -0.2) is 156 Å². The molecule has 8 rings (SSSR count). The zero-order valence-electron chi connectivity index (χ0n) is 33.8. The summed E-state index contributed by atoms with van der Waals surface area (Å²) >= 11 is 0. The Balaban J connectivity index is 1.39. The van der Waals surface area contributed by atoms with Gasteiger partial charge in [0.25, 0.3) is 5.79 Å². The van der Waals surface area contributed by atoms with Crippen LogP contribution in [0.15, 0.2) is 59.3 Å². The third-order valence-electron chi connectivity index (χ3n) is 11.4. The Morgan fingerprint density at radius 1 is 0.706 bits per heavy atom. The lowest BCUT2D eigenvalue weighted by atomic mass is 9.70. The third-order valence-corrected chi connectivity index (χ3v) is 11.4. The van der Waals surface area contributed by atoms with E-state index in [1.165, 1.54) is 0 Å². The van der Waals surface area contributed by atoms with Gasteiger partial charge in [-0.25, -0.2) is 19.2 Å². The van der Waals surface area contributed by atoms with Crippen molar-refractivity contribution >= 4 is 35.6 Å². The molecule has 5 aliphatic rings. The first-order chi connectivity index (χ1) is 31.8. The lowest BCUT2D eigenvalue weighted by Gasteiger charge is -2.49. The monoisotopic (exact) mass is 956 g/mol. The predicted octanol–water partition coefficient (Wildman–Crippen LogP) is -0.626. The Hall–Kier alpha value is -8.66. The molecular formula is C41H32O27. The molecule has 4 heterocycles. The molecule has 358 valence electrons. The summed E-state index contributed by atoms with van der Waals surface area (Å²) in [5.74, 6) is -40.1. The summed E-state index contributed by atoms with van der Waals surface area (Å²) in [5, 5.41) is 151. The van der Waals surface area contributed by atoms with Gasteiger partial charge in [0, 0.05) is 11.1 Å². The van der Waals surface area contributed by atoms with Crippen LogP contribution in [0.1, 0.15) is 61.0 Å². The molecule has 68 heavy (non-hydrogen) atoms. The van der Waals surface area contributed by atoms with Gasteiger partial charge in [-0.3, -0.25) is 9.59 Å². The molecule has 0 spiro atoms. The number of phenolic OH excluding ortho intramolecular Hbond substituents is 8. The molecule has 1 aliphatic carbocycles. The molecule has 14 N–H and O–H groups in total. The average molecular weight is 957 g/mol. The van der Waals surface area contributed by atoms with Gasteiger partial charge in [-0.15, -0.1) is 0 Å². The van der Waals surface area contributed by atoms with Crippen LogP contribution in [0.4, 0.5) is 0 Å². The first-order valence-corrected chi connectivity index (χ1v) is 19.2. The van der Waals surface area contributed by atoms with E-state index in [1.807, 2.05) is 0 Å². The van der Waals surface area contributed by atoms with Gasteiger partial charge in [-0.1, -0.05) is 0 Å². The van der Waals surface area contributed by atoms with Crippen molar-refractivity contribution in [1.29, 1.82) is 0 Å². The maximum Gasteiger partial charge on any atom is 0.340 e. The molecule has 1 fully saturated rings. The maximum absolute atomic E-state index is 14.7. The summed E-state index contributed by atoms with van der Waals surface area (Å²) in [5.41, 5.74) is -6.42. The molecule has 0 radical (unpaired) electrons. The van der Waals surface area contributed by atoms with Crippen LogP contribution in [0.2, 0.25) is 0 Å². The number of rotatable bonds is 4. The van der Waals surface area contributed by atoms with E-state index >= 15 is 0 Å². The van der Waals surface area contributed by atoms with Crippen LogP contribution < -0.4 is 4.74 Å². The van der Waals surface area contributed by atoms with E-state index in [1.54, 1.807) is 0 Å². The maximum atomic E-state index is 14.7. The van der Waals surface area contributed by atoms with Crippen molar-refractivity contribution in [2.75, 3.05) is 6.61 Å². The second-order valence-electron chi connectivity index (χ2n) is 15.3. The van der Waals surface area contributed by atoms with Gasteiger partial charge < -0.3 is 105 Å². The second-order valence-corrected chi connectivity index (χ2v) is 15.3. The number of aromatic hydroxyl groups is 8. The number of carbonyl (C=O) groups excluding carboxylic acids is 6. The minimum atomic E-state index is -3.99. The van der Waals surface area contributed by atoms with Gasteiger partial charge in [0.05, 0.1) is 28.2 Å². The van der Waals surface area contributed by atoms with Crippen molar-refractivity contribution < 1.29 is 133 Å². The second kappa shape index (κ2) is 15.8. The van der Waals surface area contributed by atoms with Crippen LogP contribution >= 0.6 is 0 Å². The van der Waals surface area contributed by atoms with E-state index in [0.717, 1.165) is 13.0 Å². The smallest absolute Gasteiger partial charge is 0.340 e. The molecule has 27 nitrogen and oxygen atoms in total. The molecule has 0 saturated carbocycles. The SMILES string of the molecule is C/C=C(O)\C(O)=C(\O)C1C(=O)OC2C3OC(=O)C4=CC(=O)C5(O)Oc6c(O)c(O)cc(c6C4C5(O)O)C(=O)OC2C(OC(=O)c2cc(O)c(O)c(O)c2)OC3COC(=O)c2cc(O)c(O)c(O)c21. The zero-order chi connectivity index (χ0) is 49.8. The number of aliphatic hydroxyl groups is 6.